The van der Waals surface area contributed by atoms with Gasteiger partial charge in [0, 0.05) is 6.54 Å². The molecule has 2 rings (SSSR count). The fraction of sp³-hybridized carbons (Fsp3) is 0.222. The third-order valence-electron chi connectivity index (χ3n) is 3.54. The van der Waals surface area contributed by atoms with Gasteiger partial charge in [-0.25, -0.2) is 0 Å². The number of carbonyl (C=O) groups is 1. The molecule has 0 aliphatic heterocycles. The average Bonchev–Trinajstić information content (AvgIpc) is 2.60. The highest BCUT2D eigenvalue weighted by Crippen LogP contribution is 2.10. The van der Waals surface area contributed by atoms with Gasteiger partial charge in [0.25, 0.3) is 0 Å². The Bertz CT molecular complexity index is 702. The molecule has 2 aromatic rings. The lowest BCUT2D eigenvalue weighted by Gasteiger charge is -2.12. The Labute approximate surface area is 147 Å². The standard InChI is InChI=1S/C18H21N3O2S/c1-13-5-3-4-6-15(13)11-17(22)20-21-18(24)19-12-14-7-9-16(23-2)10-8-14/h3-10H,11-12H2,1-2H3,(H,20,22)(H2,19,21,24). The van der Waals surface area contributed by atoms with Gasteiger partial charge in [0.2, 0.25) is 5.91 Å². The molecule has 0 heterocycles. The molecule has 0 bridgehead atoms. The van der Waals surface area contributed by atoms with Crippen LogP contribution in [-0.2, 0) is 17.8 Å². The smallest absolute Gasteiger partial charge is 0.242 e. The van der Waals surface area contributed by atoms with Crippen molar-refractivity contribution in [1.29, 1.82) is 0 Å². The van der Waals surface area contributed by atoms with Crippen LogP contribution in [0.25, 0.3) is 0 Å². The monoisotopic (exact) mass is 343 g/mol. The van der Waals surface area contributed by atoms with Crippen molar-refractivity contribution in [2.45, 2.75) is 19.9 Å². The van der Waals surface area contributed by atoms with Crippen LogP contribution in [-0.4, -0.2) is 18.1 Å². The molecule has 0 spiro atoms. The Kier molecular flexibility index (Phi) is 6.57. The van der Waals surface area contributed by atoms with Crippen LogP contribution in [0.5, 0.6) is 5.75 Å². The quantitative estimate of drug-likeness (QED) is 0.574. The Balaban J connectivity index is 1.72. The fourth-order valence-electron chi connectivity index (χ4n) is 2.12. The molecule has 0 unspecified atom stereocenters. The van der Waals surface area contributed by atoms with Gasteiger partial charge in [0.1, 0.15) is 5.75 Å². The molecule has 0 radical (unpaired) electrons. The molecule has 6 heteroatoms. The lowest BCUT2D eigenvalue weighted by atomic mass is 10.1. The highest BCUT2D eigenvalue weighted by molar-refractivity contribution is 7.80. The minimum Gasteiger partial charge on any atom is -0.497 e. The van der Waals surface area contributed by atoms with Crippen molar-refractivity contribution in [1.82, 2.24) is 16.2 Å². The predicted octanol–water partition coefficient (Wildman–Crippen LogP) is 2.24. The van der Waals surface area contributed by atoms with Crippen LogP contribution in [0.15, 0.2) is 48.5 Å². The van der Waals surface area contributed by atoms with Crippen LogP contribution in [0.4, 0.5) is 0 Å². The second kappa shape index (κ2) is 8.88. The van der Waals surface area contributed by atoms with Gasteiger partial charge >= 0.3 is 0 Å². The summed E-state index contributed by atoms with van der Waals surface area (Å²) in [6.07, 6.45) is 0.306. The number of thiocarbonyl (C=S) groups is 1. The number of hydrazine groups is 1. The molecule has 1 amide bonds. The van der Waals surface area contributed by atoms with Gasteiger partial charge in [-0.2, -0.15) is 0 Å². The first kappa shape index (κ1) is 17.7. The van der Waals surface area contributed by atoms with Crippen LogP contribution >= 0.6 is 12.2 Å². The molecule has 126 valence electrons. The molecule has 5 nitrogen and oxygen atoms in total. The first-order chi connectivity index (χ1) is 11.6. The van der Waals surface area contributed by atoms with E-state index in [-0.39, 0.29) is 5.91 Å². The maximum atomic E-state index is 11.9. The molecule has 2 aromatic carbocycles. The van der Waals surface area contributed by atoms with Crippen LogP contribution in [0, 0.1) is 6.92 Å². The van der Waals surface area contributed by atoms with E-state index in [0.717, 1.165) is 22.4 Å². The summed E-state index contributed by atoms with van der Waals surface area (Å²) in [7, 11) is 1.63. The lowest BCUT2D eigenvalue weighted by molar-refractivity contribution is -0.121. The number of rotatable bonds is 5. The summed E-state index contributed by atoms with van der Waals surface area (Å²) >= 11 is 5.15. The summed E-state index contributed by atoms with van der Waals surface area (Å²) < 4.78 is 5.11. The maximum absolute atomic E-state index is 11.9. The van der Waals surface area contributed by atoms with Crippen LogP contribution in [0.3, 0.4) is 0 Å². The molecule has 0 saturated heterocycles. The summed E-state index contributed by atoms with van der Waals surface area (Å²) in [5, 5.41) is 3.40. The van der Waals surface area contributed by atoms with Crippen molar-refractivity contribution < 1.29 is 9.53 Å². The number of carbonyl (C=O) groups excluding carboxylic acids is 1. The van der Waals surface area contributed by atoms with E-state index in [1.165, 1.54) is 0 Å². The normalized spacial score (nSPS) is 9.92. The summed E-state index contributed by atoms with van der Waals surface area (Å²) in [6.45, 7) is 2.54. The Morgan fingerprint density at radius 3 is 2.46 bits per heavy atom. The molecule has 0 aliphatic carbocycles. The van der Waals surface area contributed by atoms with Gasteiger partial charge in [-0.05, 0) is 48.0 Å². The molecular formula is C18H21N3O2S. The predicted molar refractivity (Wildman–Crippen MR) is 98.6 cm³/mol. The second-order valence-electron chi connectivity index (χ2n) is 5.31. The third kappa shape index (κ3) is 5.55. The van der Waals surface area contributed by atoms with Gasteiger partial charge in [0.15, 0.2) is 5.11 Å². The average molecular weight is 343 g/mol. The van der Waals surface area contributed by atoms with Crippen LogP contribution in [0.1, 0.15) is 16.7 Å². The van der Waals surface area contributed by atoms with E-state index < -0.39 is 0 Å². The largest absolute Gasteiger partial charge is 0.497 e. The summed E-state index contributed by atoms with van der Waals surface area (Å²) in [5.41, 5.74) is 8.46. The Hall–Kier alpha value is -2.60. The van der Waals surface area contributed by atoms with E-state index in [0.29, 0.717) is 18.1 Å². The number of methoxy groups -OCH3 is 1. The van der Waals surface area contributed by atoms with E-state index in [1.54, 1.807) is 7.11 Å². The zero-order valence-corrected chi connectivity index (χ0v) is 14.6. The number of hydrogen-bond acceptors (Lipinski definition) is 3. The molecule has 0 atom stereocenters. The Morgan fingerprint density at radius 2 is 1.79 bits per heavy atom. The van der Waals surface area contributed by atoms with Crippen LogP contribution < -0.4 is 20.9 Å². The molecule has 0 saturated carbocycles. The Morgan fingerprint density at radius 1 is 1.08 bits per heavy atom. The summed E-state index contributed by atoms with van der Waals surface area (Å²) in [5.74, 6) is 0.667. The fourth-order valence-corrected chi connectivity index (χ4v) is 2.25. The highest BCUT2D eigenvalue weighted by Gasteiger charge is 2.05. The minimum atomic E-state index is -0.141. The molecular weight excluding hydrogens is 322 g/mol. The van der Waals surface area contributed by atoms with Gasteiger partial charge in [0.05, 0.1) is 13.5 Å². The van der Waals surface area contributed by atoms with Gasteiger partial charge < -0.3 is 10.1 Å². The number of benzene rings is 2. The lowest BCUT2D eigenvalue weighted by Crippen LogP contribution is -2.47. The van der Waals surface area contributed by atoms with Crippen molar-refractivity contribution in [2.75, 3.05) is 7.11 Å². The van der Waals surface area contributed by atoms with E-state index in [2.05, 4.69) is 16.2 Å². The number of ether oxygens (including phenoxy) is 1. The van der Waals surface area contributed by atoms with Crippen molar-refractivity contribution in [3.05, 3.63) is 65.2 Å². The van der Waals surface area contributed by atoms with E-state index in [9.17, 15) is 4.79 Å². The summed E-state index contributed by atoms with van der Waals surface area (Å²) in [4.78, 5) is 11.9. The van der Waals surface area contributed by atoms with Crippen molar-refractivity contribution in [3.63, 3.8) is 0 Å². The van der Waals surface area contributed by atoms with Gasteiger partial charge in [-0.1, -0.05) is 36.4 Å². The van der Waals surface area contributed by atoms with Crippen molar-refractivity contribution in [3.8, 4) is 5.75 Å². The summed E-state index contributed by atoms with van der Waals surface area (Å²) in [6, 6.07) is 15.5. The first-order valence-electron chi connectivity index (χ1n) is 7.58. The number of hydrogen-bond donors (Lipinski definition) is 3. The van der Waals surface area contributed by atoms with Gasteiger partial charge in [-0.3, -0.25) is 15.6 Å². The number of amides is 1. The maximum Gasteiger partial charge on any atom is 0.242 e. The van der Waals surface area contributed by atoms with Crippen molar-refractivity contribution >= 4 is 23.2 Å². The van der Waals surface area contributed by atoms with Crippen molar-refractivity contribution in [2.24, 2.45) is 0 Å². The highest BCUT2D eigenvalue weighted by atomic mass is 32.1. The van der Waals surface area contributed by atoms with E-state index >= 15 is 0 Å². The minimum absolute atomic E-state index is 0.141. The number of nitrogens with one attached hydrogen (secondary N) is 3. The number of aryl methyl sites for hydroxylation is 1. The molecule has 24 heavy (non-hydrogen) atoms. The van der Waals surface area contributed by atoms with Gasteiger partial charge in [-0.15, -0.1) is 0 Å². The first-order valence-corrected chi connectivity index (χ1v) is 7.99. The molecule has 3 N–H and O–H groups in total. The third-order valence-corrected chi connectivity index (χ3v) is 3.79. The second-order valence-corrected chi connectivity index (χ2v) is 5.72. The molecule has 0 aromatic heterocycles. The van der Waals surface area contributed by atoms with E-state index in [4.69, 9.17) is 17.0 Å². The van der Waals surface area contributed by atoms with Crippen LogP contribution in [0.2, 0.25) is 0 Å². The SMILES string of the molecule is COc1ccc(CNC(=S)NNC(=O)Cc2ccccc2C)cc1. The topological polar surface area (TPSA) is 62.4 Å². The zero-order valence-electron chi connectivity index (χ0n) is 13.8. The zero-order chi connectivity index (χ0) is 17.4. The molecule has 0 fully saturated rings. The molecule has 0 aliphatic rings. The van der Waals surface area contributed by atoms with E-state index in [1.807, 2.05) is 55.5 Å².